The van der Waals surface area contributed by atoms with E-state index in [-0.39, 0.29) is 0 Å². The van der Waals surface area contributed by atoms with E-state index in [0.717, 1.165) is 60.2 Å². The van der Waals surface area contributed by atoms with Gasteiger partial charge in [0.2, 0.25) is 0 Å². The number of likely N-dealkylation sites (tertiary alicyclic amines) is 1. The zero-order valence-corrected chi connectivity index (χ0v) is 16.6. The summed E-state index contributed by atoms with van der Waals surface area (Å²) < 4.78 is 31.7. The molecule has 0 amide bonds. The van der Waals surface area contributed by atoms with Gasteiger partial charge < -0.3 is 14.7 Å². The van der Waals surface area contributed by atoms with E-state index in [1.807, 2.05) is 6.92 Å². The summed E-state index contributed by atoms with van der Waals surface area (Å²) in [6.07, 6.45) is 2.98. The van der Waals surface area contributed by atoms with E-state index in [9.17, 15) is 13.9 Å². The second-order valence-electron chi connectivity index (χ2n) is 7.02. The van der Waals surface area contributed by atoms with Crippen molar-refractivity contribution in [2.45, 2.75) is 45.1 Å². The Morgan fingerprint density at radius 3 is 2.81 bits per heavy atom. The summed E-state index contributed by atoms with van der Waals surface area (Å²) in [6.45, 7) is 7.31. The first-order chi connectivity index (χ1) is 12.9. The molecule has 1 N–H and O–H groups in total. The lowest BCUT2D eigenvalue weighted by Gasteiger charge is -2.24. The van der Waals surface area contributed by atoms with Crippen LogP contribution in [0.15, 0.2) is 18.2 Å². The highest BCUT2D eigenvalue weighted by Gasteiger charge is 2.35. The highest BCUT2D eigenvalue weighted by molar-refractivity contribution is 7.11. The molecule has 27 heavy (non-hydrogen) atoms. The summed E-state index contributed by atoms with van der Waals surface area (Å²) >= 11 is 1.53. The number of aliphatic hydroxyl groups is 1. The predicted molar refractivity (Wildman–Crippen MR) is 102 cm³/mol. The molecule has 1 aromatic carbocycles. The fourth-order valence-electron chi connectivity index (χ4n) is 3.39. The van der Waals surface area contributed by atoms with E-state index >= 15 is 0 Å². The third kappa shape index (κ3) is 4.83. The molecule has 148 valence electrons. The Bertz CT molecular complexity index is 783. The highest BCUT2D eigenvalue weighted by Crippen LogP contribution is 2.36. The summed E-state index contributed by atoms with van der Waals surface area (Å²) in [6, 6.07) is 3.52. The fraction of sp³-hybridized carbons (Fsp3) is 0.550. The second kappa shape index (κ2) is 8.63. The summed E-state index contributed by atoms with van der Waals surface area (Å²) in [4.78, 5) is 8.04. The van der Waals surface area contributed by atoms with Gasteiger partial charge in [-0.2, -0.15) is 0 Å². The molecule has 0 spiro atoms. The number of aryl methyl sites for hydroxylation is 1. The van der Waals surface area contributed by atoms with E-state index in [1.165, 1.54) is 17.4 Å². The van der Waals surface area contributed by atoms with Gasteiger partial charge in [-0.05, 0) is 51.4 Å². The van der Waals surface area contributed by atoms with Gasteiger partial charge in [0.05, 0.1) is 12.3 Å². The van der Waals surface area contributed by atoms with Crippen LogP contribution in [0.25, 0.3) is 0 Å². The normalized spacial score (nSPS) is 21.2. The Morgan fingerprint density at radius 2 is 2.07 bits per heavy atom. The number of hydrogen-bond acceptors (Lipinski definition) is 5. The number of rotatable bonds is 6. The quantitative estimate of drug-likeness (QED) is 0.800. The van der Waals surface area contributed by atoms with Crippen LogP contribution in [0.1, 0.15) is 41.8 Å². The molecule has 1 atom stereocenters. The van der Waals surface area contributed by atoms with Crippen LogP contribution in [0.4, 0.5) is 8.78 Å². The number of hydrogen-bond donors (Lipinski definition) is 1. The van der Waals surface area contributed by atoms with Gasteiger partial charge in [0.25, 0.3) is 0 Å². The van der Waals surface area contributed by atoms with Crippen LogP contribution in [0.5, 0.6) is 5.75 Å². The molecule has 4 nitrogen and oxygen atoms in total. The number of nitrogens with zero attached hydrogens (tertiary/aromatic N) is 2. The van der Waals surface area contributed by atoms with Crippen molar-refractivity contribution in [2.75, 3.05) is 26.2 Å². The van der Waals surface area contributed by atoms with Crippen molar-refractivity contribution in [3.63, 3.8) is 0 Å². The Kier molecular flexibility index (Phi) is 6.44. The van der Waals surface area contributed by atoms with Crippen LogP contribution >= 0.6 is 11.3 Å². The van der Waals surface area contributed by atoms with Gasteiger partial charge in [0.1, 0.15) is 16.4 Å². The first kappa shape index (κ1) is 20.2. The van der Waals surface area contributed by atoms with Crippen LogP contribution in [0.3, 0.4) is 0 Å². The third-order valence-electron chi connectivity index (χ3n) is 5.13. The monoisotopic (exact) mass is 396 g/mol. The average Bonchev–Trinajstić information content (AvgIpc) is 2.90. The fourth-order valence-corrected chi connectivity index (χ4v) is 4.58. The van der Waals surface area contributed by atoms with E-state index in [1.54, 1.807) is 0 Å². The Balaban J connectivity index is 1.62. The van der Waals surface area contributed by atoms with E-state index < -0.39 is 17.2 Å². The molecule has 1 aromatic heterocycles. The van der Waals surface area contributed by atoms with Gasteiger partial charge in [0, 0.05) is 23.9 Å². The van der Waals surface area contributed by atoms with Crippen molar-refractivity contribution in [1.29, 1.82) is 0 Å². The van der Waals surface area contributed by atoms with Crippen LogP contribution < -0.4 is 4.74 Å². The van der Waals surface area contributed by atoms with Crippen LogP contribution in [-0.4, -0.2) is 41.2 Å². The molecule has 1 saturated heterocycles. The molecule has 2 aromatic rings. The number of benzene rings is 1. The summed E-state index contributed by atoms with van der Waals surface area (Å²) in [7, 11) is 0. The third-order valence-corrected chi connectivity index (χ3v) is 6.54. The number of ether oxygens (including phenoxy) is 1. The van der Waals surface area contributed by atoms with Crippen LogP contribution in [0.2, 0.25) is 0 Å². The molecule has 0 radical (unpaired) electrons. The van der Waals surface area contributed by atoms with Gasteiger partial charge in [-0.3, -0.25) is 0 Å². The van der Waals surface area contributed by atoms with E-state index in [2.05, 4.69) is 16.8 Å². The van der Waals surface area contributed by atoms with Crippen molar-refractivity contribution >= 4 is 11.3 Å². The molecule has 1 fully saturated rings. The number of aromatic nitrogens is 1. The van der Waals surface area contributed by atoms with Crippen LogP contribution in [-0.2, 0) is 12.0 Å². The standard InChI is InChI=1S/C20H26F2N2O2S/c1-3-24-10-4-8-20(25,9-11-24)19-23-14(2)18(27-19)7-12-26-15-5-6-16(21)17(22)13-15/h5-6,13,25H,3-4,7-12H2,1-2H3/t20-/m1/s1. The molecular formula is C20H26F2N2O2S. The summed E-state index contributed by atoms with van der Waals surface area (Å²) in [5.74, 6) is -1.50. The van der Waals surface area contributed by atoms with Crippen molar-refractivity contribution < 1.29 is 18.6 Å². The van der Waals surface area contributed by atoms with E-state index in [0.29, 0.717) is 25.2 Å². The summed E-state index contributed by atoms with van der Waals surface area (Å²) in [5.41, 5.74) is 0.0346. The molecule has 0 saturated carbocycles. The molecule has 1 aliphatic heterocycles. The van der Waals surface area contributed by atoms with Gasteiger partial charge in [-0.1, -0.05) is 6.92 Å². The molecule has 0 unspecified atom stereocenters. The molecule has 2 heterocycles. The minimum atomic E-state index is -0.916. The lowest BCUT2D eigenvalue weighted by molar-refractivity contribution is 0.0210. The van der Waals surface area contributed by atoms with Gasteiger partial charge >= 0.3 is 0 Å². The average molecular weight is 397 g/mol. The Hall–Kier alpha value is -1.57. The van der Waals surface area contributed by atoms with Crippen LogP contribution in [0, 0.1) is 18.6 Å². The first-order valence-corrected chi connectivity index (χ1v) is 10.2. The maximum absolute atomic E-state index is 13.2. The van der Waals surface area contributed by atoms with Gasteiger partial charge in [-0.15, -0.1) is 11.3 Å². The first-order valence-electron chi connectivity index (χ1n) is 9.40. The maximum atomic E-state index is 13.2. The largest absolute Gasteiger partial charge is 0.493 e. The lowest BCUT2D eigenvalue weighted by Crippen LogP contribution is -2.29. The van der Waals surface area contributed by atoms with E-state index in [4.69, 9.17) is 4.74 Å². The molecule has 1 aliphatic rings. The van der Waals surface area contributed by atoms with Crippen molar-refractivity contribution in [1.82, 2.24) is 9.88 Å². The number of halogens is 2. The van der Waals surface area contributed by atoms with Crippen molar-refractivity contribution in [2.24, 2.45) is 0 Å². The topological polar surface area (TPSA) is 45.6 Å². The zero-order chi connectivity index (χ0) is 19.4. The summed E-state index contributed by atoms with van der Waals surface area (Å²) in [5, 5.41) is 11.9. The molecule has 0 aliphatic carbocycles. The zero-order valence-electron chi connectivity index (χ0n) is 15.8. The minimum absolute atomic E-state index is 0.304. The second-order valence-corrected chi connectivity index (χ2v) is 8.11. The molecule has 3 rings (SSSR count). The van der Waals surface area contributed by atoms with Crippen molar-refractivity contribution in [3.8, 4) is 5.75 Å². The SMILES string of the molecule is CCN1CCC[C@](O)(c2nc(C)c(CCOc3ccc(F)c(F)c3)s2)CC1. The minimum Gasteiger partial charge on any atom is -0.493 e. The molecular weight excluding hydrogens is 370 g/mol. The highest BCUT2D eigenvalue weighted by atomic mass is 32.1. The molecule has 0 bridgehead atoms. The smallest absolute Gasteiger partial charge is 0.162 e. The van der Waals surface area contributed by atoms with Gasteiger partial charge in [0.15, 0.2) is 11.6 Å². The predicted octanol–water partition coefficient (Wildman–Crippen LogP) is 4.04. The van der Waals surface area contributed by atoms with Gasteiger partial charge in [-0.25, -0.2) is 13.8 Å². The Labute approximate surface area is 162 Å². The lowest BCUT2D eigenvalue weighted by atomic mass is 9.96. The maximum Gasteiger partial charge on any atom is 0.162 e. The molecule has 7 heteroatoms. The van der Waals surface area contributed by atoms with Crippen molar-refractivity contribution in [3.05, 3.63) is 45.4 Å². The number of thiazole rings is 1. The Morgan fingerprint density at radius 1 is 1.26 bits per heavy atom.